The van der Waals surface area contributed by atoms with Crippen LogP contribution in [0.1, 0.15) is 30.6 Å². The van der Waals surface area contributed by atoms with Gasteiger partial charge in [0.05, 0.1) is 5.56 Å². The van der Waals surface area contributed by atoms with Crippen molar-refractivity contribution in [2.75, 3.05) is 0 Å². The van der Waals surface area contributed by atoms with Gasteiger partial charge in [-0.3, -0.25) is 9.78 Å². The molecule has 4 heteroatoms. The van der Waals surface area contributed by atoms with Gasteiger partial charge >= 0.3 is 0 Å². The van der Waals surface area contributed by atoms with Crippen LogP contribution in [0, 0.1) is 0 Å². The minimum Gasteiger partial charge on any atom is -0.350 e. The summed E-state index contributed by atoms with van der Waals surface area (Å²) >= 11 is 3.52. The Kier molecular flexibility index (Phi) is 4.90. The molecule has 2 rings (SSSR count). The molecule has 0 bridgehead atoms. The molecule has 0 unspecified atom stereocenters. The molecule has 1 aromatic carbocycles. The summed E-state index contributed by atoms with van der Waals surface area (Å²) in [6.45, 7) is 4.03. The Balaban J connectivity index is 2.29. The molecule has 0 fully saturated rings. The van der Waals surface area contributed by atoms with Crippen molar-refractivity contribution in [1.29, 1.82) is 0 Å². The Bertz CT molecular complexity index is 613. The average Bonchev–Trinajstić information content (AvgIpc) is 2.47. The molecular formula is C16H17BrN2O. The van der Waals surface area contributed by atoms with Crippen LogP contribution < -0.4 is 5.32 Å². The van der Waals surface area contributed by atoms with Crippen molar-refractivity contribution in [2.45, 2.75) is 26.3 Å². The van der Waals surface area contributed by atoms with Gasteiger partial charge in [-0.25, -0.2) is 0 Å². The monoisotopic (exact) mass is 332 g/mol. The van der Waals surface area contributed by atoms with Gasteiger partial charge in [0.25, 0.3) is 5.91 Å². The molecule has 20 heavy (non-hydrogen) atoms. The van der Waals surface area contributed by atoms with Crippen LogP contribution in [0.3, 0.4) is 0 Å². The maximum atomic E-state index is 12.1. The summed E-state index contributed by atoms with van der Waals surface area (Å²) in [5.74, 6) is -0.0826. The summed E-state index contributed by atoms with van der Waals surface area (Å²) in [5, 5.41) is 2.95. The zero-order valence-corrected chi connectivity index (χ0v) is 13.1. The SMILES string of the molecule is CC[C@@H](C)NC(=O)c1cncc(-c2ccccc2Br)c1. The van der Waals surface area contributed by atoms with Crippen LogP contribution in [0.5, 0.6) is 0 Å². The van der Waals surface area contributed by atoms with E-state index in [0.717, 1.165) is 22.0 Å². The summed E-state index contributed by atoms with van der Waals surface area (Å²) in [5.41, 5.74) is 2.53. The normalized spacial score (nSPS) is 11.9. The highest BCUT2D eigenvalue weighted by atomic mass is 79.9. The van der Waals surface area contributed by atoms with Crippen molar-refractivity contribution in [2.24, 2.45) is 0 Å². The van der Waals surface area contributed by atoms with E-state index in [4.69, 9.17) is 0 Å². The van der Waals surface area contributed by atoms with E-state index in [2.05, 4.69) is 26.2 Å². The minimum atomic E-state index is -0.0826. The van der Waals surface area contributed by atoms with Crippen LogP contribution in [0.4, 0.5) is 0 Å². The van der Waals surface area contributed by atoms with E-state index >= 15 is 0 Å². The lowest BCUT2D eigenvalue weighted by molar-refractivity contribution is 0.0939. The fraction of sp³-hybridized carbons (Fsp3) is 0.250. The molecular weight excluding hydrogens is 316 g/mol. The number of nitrogens with one attached hydrogen (secondary N) is 1. The topological polar surface area (TPSA) is 42.0 Å². The molecule has 0 aliphatic heterocycles. The van der Waals surface area contributed by atoms with E-state index in [1.54, 1.807) is 12.4 Å². The molecule has 0 aliphatic carbocycles. The van der Waals surface area contributed by atoms with Crippen molar-refractivity contribution in [3.05, 3.63) is 52.8 Å². The Morgan fingerprint density at radius 2 is 2.10 bits per heavy atom. The summed E-state index contributed by atoms with van der Waals surface area (Å²) < 4.78 is 0.987. The lowest BCUT2D eigenvalue weighted by atomic mass is 10.1. The van der Waals surface area contributed by atoms with Gasteiger partial charge in [0, 0.05) is 28.5 Å². The number of aromatic nitrogens is 1. The fourth-order valence-corrected chi connectivity index (χ4v) is 2.33. The third kappa shape index (κ3) is 3.45. The van der Waals surface area contributed by atoms with E-state index < -0.39 is 0 Å². The first-order valence-electron chi connectivity index (χ1n) is 6.62. The molecule has 1 amide bonds. The molecule has 1 heterocycles. The smallest absolute Gasteiger partial charge is 0.253 e. The maximum absolute atomic E-state index is 12.1. The second kappa shape index (κ2) is 6.66. The minimum absolute atomic E-state index is 0.0826. The fourth-order valence-electron chi connectivity index (χ4n) is 1.82. The van der Waals surface area contributed by atoms with E-state index in [-0.39, 0.29) is 11.9 Å². The molecule has 0 saturated heterocycles. The first-order valence-corrected chi connectivity index (χ1v) is 7.42. The number of hydrogen-bond donors (Lipinski definition) is 1. The predicted molar refractivity (Wildman–Crippen MR) is 84.6 cm³/mol. The highest BCUT2D eigenvalue weighted by Gasteiger charge is 2.11. The highest BCUT2D eigenvalue weighted by Crippen LogP contribution is 2.27. The summed E-state index contributed by atoms with van der Waals surface area (Å²) in [7, 11) is 0. The Hall–Kier alpha value is -1.68. The van der Waals surface area contributed by atoms with Crippen LogP contribution in [0.15, 0.2) is 47.2 Å². The highest BCUT2D eigenvalue weighted by molar-refractivity contribution is 9.10. The van der Waals surface area contributed by atoms with Gasteiger partial charge in [-0.2, -0.15) is 0 Å². The largest absolute Gasteiger partial charge is 0.350 e. The van der Waals surface area contributed by atoms with Crippen molar-refractivity contribution < 1.29 is 4.79 Å². The Labute approximate surface area is 127 Å². The van der Waals surface area contributed by atoms with Gasteiger partial charge < -0.3 is 5.32 Å². The van der Waals surface area contributed by atoms with E-state index in [0.29, 0.717) is 5.56 Å². The van der Waals surface area contributed by atoms with Gasteiger partial charge in [-0.05, 0) is 31.0 Å². The van der Waals surface area contributed by atoms with Crippen molar-refractivity contribution in [3.8, 4) is 11.1 Å². The lowest BCUT2D eigenvalue weighted by Crippen LogP contribution is -2.31. The number of pyridine rings is 1. The number of rotatable bonds is 4. The lowest BCUT2D eigenvalue weighted by Gasteiger charge is -2.12. The zero-order valence-electron chi connectivity index (χ0n) is 11.6. The van der Waals surface area contributed by atoms with Crippen LogP contribution in [-0.2, 0) is 0 Å². The summed E-state index contributed by atoms with van der Waals surface area (Å²) in [6.07, 6.45) is 4.27. The Morgan fingerprint density at radius 3 is 2.80 bits per heavy atom. The number of nitrogens with zero attached hydrogens (tertiary/aromatic N) is 1. The molecule has 1 N–H and O–H groups in total. The van der Waals surface area contributed by atoms with E-state index in [9.17, 15) is 4.79 Å². The molecule has 3 nitrogen and oxygen atoms in total. The molecule has 104 valence electrons. The van der Waals surface area contributed by atoms with E-state index in [1.165, 1.54) is 0 Å². The number of halogens is 1. The number of carbonyl (C=O) groups excluding carboxylic acids is 1. The van der Waals surface area contributed by atoms with Crippen LogP contribution >= 0.6 is 15.9 Å². The van der Waals surface area contributed by atoms with Gasteiger partial charge in [0.15, 0.2) is 0 Å². The molecule has 0 spiro atoms. The Morgan fingerprint density at radius 1 is 1.35 bits per heavy atom. The molecule has 2 aromatic rings. The van der Waals surface area contributed by atoms with Gasteiger partial charge in [0.1, 0.15) is 0 Å². The quantitative estimate of drug-likeness (QED) is 0.917. The molecule has 1 aromatic heterocycles. The maximum Gasteiger partial charge on any atom is 0.253 e. The molecule has 0 saturated carbocycles. The number of carbonyl (C=O) groups is 1. The molecule has 1 atom stereocenters. The average molecular weight is 333 g/mol. The number of benzene rings is 1. The van der Waals surface area contributed by atoms with Crippen LogP contribution in [0.25, 0.3) is 11.1 Å². The second-order valence-electron chi connectivity index (χ2n) is 4.72. The van der Waals surface area contributed by atoms with Crippen LogP contribution in [-0.4, -0.2) is 16.9 Å². The zero-order chi connectivity index (χ0) is 14.5. The number of amides is 1. The third-order valence-electron chi connectivity index (χ3n) is 3.18. The molecule has 0 aliphatic rings. The van der Waals surface area contributed by atoms with Gasteiger partial charge in [-0.15, -0.1) is 0 Å². The first kappa shape index (κ1) is 14.7. The second-order valence-corrected chi connectivity index (χ2v) is 5.58. The number of hydrogen-bond acceptors (Lipinski definition) is 2. The first-order chi connectivity index (χ1) is 9.61. The van der Waals surface area contributed by atoms with Gasteiger partial charge in [0.2, 0.25) is 0 Å². The standard InChI is InChI=1S/C16H17BrN2O/c1-3-11(2)19-16(20)13-8-12(9-18-10-13)14-6-4-5-7-15(14)17/h4-11H,3H2,1-2H3,(H,19,20)/t11-/m1/s1. The summed E-state index contributed by atoms with van der Waals surface area (Å²) in [6, 6.07) is 9.92. The molecule has 0 radical (unpaired) electrons. The summed E-state index contributed by atoms with van der Waals surface area (Å²) in [4.78, 5) is 16.3. The van der Waals surface area contributed by atoms with Crippen molar-refractivity contribution in [1.82, 2.24) is 10.3 Å². The predicted octanol–water partition coefficient (Wildman–Crippen LogP) is 4.04. The third-order valence-corrected chi connectivity index (χ3v) is 3.87. The van der Waals surface area contributed by atoms with E-state index in [1.807, 2.05) is 44.2 Å². The van der Waals surface area contributed by atoms with Crippen LogP contribution in [0.2, 0.25) is 0 Å². The van der Waals surface area contributed by atoms with Crippen molar-refractivity contribution >= 4 is 21.8 Å². The van der Waals surface area contributed by atoms with Crippen molar-refractivity contribution in [3.63, 3.8) is 0 Å². The van der Waals surface area contributed by atoms with Gasteiger partial charge in [-0.1, -0.05) is 41.1 Å².